The maximum atomic E-state index is 13.7. The van der Waals surface area contributed by atoms with Gasteiger partial charge in [0.15, 0.2) is 9.84 Å². The molecular weight excluding hydrogens is 378 g/mol. The van der Waals surface area contributed by atoms with Crippen molar-refractivity contribution in [1.29, 1.82) is 0 Å². The molecular formula is C21H31NO5S. The monoisotopic (exact) mass is 409 g/mol. The van der Waals surface area contributed by atoms with Crippen LogP contribution in [0.2, 0.25) is 0 Å². The van der Waals surface area contributed by atoms with Crippen LogP contribution in [0.1, 0.15) is 56.9 Å². The van der Waals surface area contributed by atoms with E-state index >= 15 is 0 Å². The quantitative estimate of drug-likeness (QED) is 0.793. The summed E-state index contributed by atoms with van der Waals surface area (Å²) in [5.41, 5.74) is -0.853. The van der Waals surface area contributed by atoms with Gasteiger partial charge >= 0.3 is 0 Å². The average Bonchev–Trinajstić information content (AvgIpc) is 2.90. The Morgan fingerprint density at radius 3 is 2.21 bits per heavy atom. The van der Waals surface area contributed by atoms with Gasteiger partial charge in [0.05, 0.1) is 22.5 Å². The van der Waals surface area contributed by atoms with Gasteiger partial charge in [-0.3, -0.25) is 4.79 Å². The van der Waals surface area contributed by atoms with Crippen molar-refractivity contribution in [1.82, 2.24) is 4.90 Å². The molecule has 2 N–H and O–H groups in total. The van der Waals surface area contributed by atoms with Crippen LogP contribution in [0.5, 0.6) is 0 Å². The summed E-state index contributed by atoms with van der Waals surface area (Å²) in [6, 6.07) is 6.78. The highest BCUT2D eigenvalue weighted by Gasteiger charge is 2.44. The molecule has 1 saturated heterocycles. The third-order valence-electron chi connectivity index (χ3n) is 6.45. The van der Waals surface area contributed by atoms with Gasteiger partial charge in [0.25, 0.3) is 0 Å². The average molecular weight is 410 g/mol. The Kier molecular flexibility index (Phi) is 6.17. The van der Waals surface area contributed by atoms with E-state index in [9.17, 15) is 23.4 Å². The third-order valence-corrected chi connectivity index (χ3v) is 7.58. The molecule has 1 atom stereocenters. The van der Waals surface area contributed by atoms with Gasteiger partial charge in [-0.2, -0.15) is 0 Å². The minimum Gasteiger partial charge on any atom is -0.393 e. The molecule has 2 fully saturated rings. The third kappa shape index (κ3) is 4.26. The van der Waals surface area contributed by atoms with Crippen LogP contribution in [-0.4, -0.2) is 61.0 Å². The van der Waals surface area contributed by atoms with Gasteiger partial charge in [0.1, 0.15) is 0 Å². The van der Waals surface area contributed by atoms with Gasteiger partial charge in [0.2, 0.25) is 5.91 Å². The molecule has 1 saturated carbocycles. The zero-order valence-corrected chi connectivity index (χ0v) is 17.4. The predicted octanol–water partition coefficient (Wildman–Crippen LogP) is 2.03. The van der Waals surface area contributed by atoms with Crippen LogP contribution in [0.3, 0.4) is 0 Å². The maximum absolute atomic E-state index is 13.7. The van der Waals surface area contributed by atoms with Gasteiger partial charge in [-0.1, -0.05) is 31.4 Å². The van der Waals surface area contributed by atoms with Gasteiger partial charge < -0.3 is 15.1 Å². The zero-order valence-electron chi connectivity index (χ0n) is 16.6. The molecule has 0 unspecified atom stereocenters. The fourth-order valence-corrected chi connectivity index (χ4v) is 5.28. The number of hydrogen-bond donors (Lipinski definition) is 2. The number of amides is 1. The first-order valence-corrected chi connectivity index (χ1v) is 12.0. The van der Waals surface area contributed by atoms with Crippen LogP contribution < -0.4 is 0 Å². The van der Waals surface area contributed by atoms with Gasteiger partial charge in [0, 0.05) is 19.3 Å². The van der Waals surface area contributed by atoms with Gasteiger partial charge in [-0.05, 0) is 49.8 Å². The van der Waals surface area contributed by atoms with E-state index in [-0.39, 0.29) is 17.4 Å². The summed E-state index contributed by atoms with van der Waals surface area (Å²) in [5.74, 6) is 0.0708. The minimum absolute atomic E-state index is 0.0708. The van der Waals surface area contributed by atoms with E-state index in [1.807, 2.05) is 4.90 Å². The number of carbonyl (C=O) groups excluding carboxylic acids is 1. The summed E-state index contributed by atoms with van der Waals surface area (Å²) in [7, 11) is -3.28. The SMILES string of the molecule is CS(=O)(=O)c1ccc(C2(C(=O)N3CCC[C@](O)(CO)CC3)CCCCC2)cc1. The van der Waals surface area contributed by atoms with Crippen molar-refractivity contribution < 1.29 is 23.4 Å². The molecule has 1 aliphatic carbocycles. The highest BCUT2D eigenvalue weighted by molar-refractivity contribution is 7.90. The second-order valence-corrected chi connectivity index (χ2v) is 10.5. The number of benzene rings is 1. The molecule has 1 amide bonds. The Bertz CT molecular complexity index is 799. The highest BCUT2D eigenvalue weighted by atomic mass is 32.2. The highest BCUT2D eigenvalue weighted by Crippen LogP contribution is 2.42. The molecule has 28 heavy (non-hydrogen) atoms. The van der Waals surface area contributed by atoms with E-state index in [0.29, 0.717) is 32.4 Å². The summed E-state index contributed by atoms with van der Waals surface area (Å²) in [4.78, 5) is 15.8. The summed E-state index contributed by atoms with van der Waals surface area (Å²) in [6.07, 6.45) is 7.25. The maximum Gasteiger partial charge on any atom is 0.233 e. The molecule has 0 radical (unpaired) electrons. The molecule has 3 rings (SSSR count). The van der Waals surface area contributed by atoms with Crippen molar-refractivity contribution in [2.75, 3.05) is 26.0 Å². The van der Waals surface area contributed by atoms with Crippen LogP contribution in [0, 0.1) is 0 Å². The second-order valence-electron chi connectivity index (χ2n) is 8.47. The van der Waals surface area contributed by atoms with E-state index in [1.165, 1.54) is 6.26 Å². The van der Waals surface area contributed by atoms with Crippen molar-refractivity contribution in [2.24, 2.45) is 0 Å². The Morgan fingerprint density at radius 2 is 1.64 bits per heavy atom. The summed E-state index contributed by atoms with van der Waals surface area (Å²) in [5, 5.41) is 19.9. The number of hydrogen-bond acceptors (Lipinski definition) is 5. The number of aliphatic hydroxyl groups excluding tert-OH is 1. The minimum atomic E-state index is -3.28. The van der Waals surface area contributed by atoms with E-state index in [4.69, 9.17) is 0 Å². The topological polar surface area (TPSA) is 94.9 Å². The van der Waals surface area contributed by atoms with Gasteiger partial charge in [-0.15, -0.1) is 0 Å². The fourth-order valence-electron chi connectivity index (χ4n) is 4.65. The number of aliphatic hydroxyl groups is 2. The lowest BCUT2D eigenvalue weighted by Gasteiger charge is -2.40. The molecule has 7 heteroatoms. The lowest BCUT2D eigenvalue weighted by Crippen LogP contribution is -2.49. The lowest BCUT2D eigenvalue weighted by molar-refractivity contribution is -0.139. The van der Waals surface area contributed by atoms with Crippen molar-refractivity contribution in [3.05, 3.63) is 29.8 Å². The van der Waals surface area contributed by atoms with Crippen LogP contribution in [0.15, 0.2) is 29.2 Å². The molecule has 1 aromatic rings. The van der Waals surface area contributed by atoms with Crippen LogP contribution >= 0.6 is 0 Å². The van der Waals surface area contributed by atoms with Crippen molar-refractivity contribution in [3.8, 4) is 0 Å². The van der Waals surface area contributed by atoms with Crippen molar-refractivity contribution in [2.45, 2.75) is 67.3 Å². The molecule has 6 nitrogen and oxygen atoms in total. The Morgan fingerprint density at radius 1 is 1.00 bits per heavy atom. The fraction of sp³-hybridized carbons (Fsp3) is 0.667. The predicted molar refractivity (Wildman–Crippen MR) is 107 cm³/mol. The zero-order chi connectivity index (χ0) is 20.4. The number of likely N-dealkylation sites (tertiary alicyclic amines) is 1. The first-order chi connectivity index (χ1) is 13.2. The molecule has 156 valence electrons. The summed E-state index contributed by atoms with van der Waals surface area (Å²) in [6.45, 7) is 0.719. The van der Waals surface area contributed by atoms with Crippen LogP contribution in [0.4, 0.5) is 0 Å². The molecule has 0 bridgehead atoms. The molecule has 1 heterocycles. The summed E-state index contributed by atoms with van der Waals surface area (Å²) < 4.78 is 23.6. The smallest absolute Gasteiger partial charge is 0.233 e. The van der Waals surface area contributed by atoms with Crippen LogP contribution in [0.25, 0.3) is 0 Å². The largest absolute Gasteiger partial charge is 0.393 e. The first-order valence-electron chi connectivity index (χ1n) is 10.1. The molecule has 2 aliphatic rings. The Balaban J connectivity index is 1.90. The second kappa shape index (κ2) is 8.13. The molecule has 0 spiro atoms. The number of rotatable bonds is 4. The van der Waals surface area contributed by atoms with E-state index < -0.39 is 20.9 Å². The van der Waals surface area contributed by atoms with E-state index in [2.05, 4.69) is 0 Å². The Hall–Kier alpha value is -1.44. The van der Waals surface area contributed by atoms with Crippen molar-refractivity contribution >= 4 is 15.7 Å². The normalized spacial score (nSPS) is 25.9. The lowest BCUT2D eigenvalue weighted by atomic mass is 9.68. The standard InChI is InChI=1S/C21H31NO5S/c1-28(26,27)18-8-6-17(7-9-18)21(11-3-2-4-12-21)19(24)22-14-5-10-20(25,16-23)13-15-22/h6-9,23,25H,2-5,10-16H2,1H3/t20-/m1/s1. The molecule has 1 aromatic carbocycles. The molecule has 0 aromatic heterocycles. The first kappa shape index (κ1) is 21.3. The van der Waals surface area contributed by atoms with Gasteiger partial charge in [-0.25, -0.2) is 8.42 Å². The number of nitrogens with zero attached hydrogens (tertiary/aromatic N) is 1. The van der Waals surface area contributed by atoms with E-state index in [0.717, 1.165) is 37.7 Å². The molecule has 1 aliphatic heterocycles. The number of carbonyl (C=O) groups is 1. The Labute approximate surface area is 167 Å². The van der Waals surface area contributed by atoms with E-state index in [1.54, 1.807) is 24.3 Å². The summed E-state index contributed by atoms with van der Waals surface area (Å²) >= 11 is 0. The van der Waals surface area contributed by atoms with Crippen molar-refractivity contribution in [3.63, 3.8) is 0 Å². The van der Waals surface area contributed by atoms with Crippen LogP contribution in [-0.2, 0) is 20.0 Å². The number of sulfone groups is 1.